The number of ether oxygens (including phenoxy) is 1. The van der Waals surface area contributed by atoms with Crippen LogP contribution in [0.25, 0.3) is 0 Å². The maximum atomic E-state index is 12.4. The summed E-state index contributed by atoms with van der Waals surface area (Å²) in [6.45, 7) is 4.87. The number of nitrogens with one attached hydrogen (secondary N) is 1. The number of amides is 1. The Labute approximate surface area is 392 Å². The fraction of sp³-hybridized carbons (Fsp3) is 0.860. The molecule has 3 N–H and O–H groups in total. The summed E-state index contributed by atoms with van der Waals surface area (Å²) in [7, 11) is 0. The van der Waals surface area contributed by atoms with E-state index in [9.17, 15) is 19.8 Å². The van der Waals surface area contributed by atoms with E-state index < -0.39 is 12.1 Å². The molecule has 2 unspecified atom stereocenters. The van der Waals surface area contributed by atoms with Crippen molar-refractivity contribution in [3.05, 3.63) is 36.5 Å². The van der Waals surface area contributed by atoms with E-state index in [2.05, 4.69) is 43.5 Å². The number of carbonyl (C=O) groups is 2. The van der Waals surface area contributed by atoms with Crippen molar-refractivity contribution in [2.45, 2.75) is 302 Å². The van der Waals surface area contributed by atoms with E-state index >= 15 is 0 Å². The van der Waals surface area contributed by atoms with E-state index in [-0.39, 0.29) is 18.5 Å². The zero-order chi connectivity index (χ0) is 45.8. The normalized spacial score (nSPS) is 12.9. The van der Waals surface area contributed by atoms with Crippen LogP contribution in [0.1, 0.15) is 290 Å². The smallest absolute Gasteiger partial charge is 0.305 e. The number of aliphatic hydroxyl groups excluding tert-OH is 2. The maximum Gasteiger partial charge on any atom is 0.305 e. The molecule has 6 heteroatoms. The van der Waals surface area contributed by atoms with Crippen LogP contribution in [0.15, 0.2) is 36.5 Å². The molecule has 370 valence electrons. The van der Waals surface area contributed by atoms with Gasteiger partial charge in [-0.05, 0) is 83.5 Å². The highest BCUT2D eigenvalue weighted by atomic mass is 16.5. The number of aliphatic hydroxyl groups is 2. The lowest BCUT2D eigenvalue weighted by Crippen LogP contribution is -2.45. The van der Waals surface area contributed by atoms with Gasteiger partial charge in [0.1, 0.15) is 0 Å². The van der Waals surface area contributed by atoms with Crippen LogP contribution in [0.5, 0.6) is 0 Å². The van der Waals surface area contributed by atoms with Crippen LogP contribution in [-0.4, -0.2) is 47.4 Å². The van der Waals surface area contributed by atoms with Gasteiger partial charge >= 0.3 is 5.97 Å². The lowest BCUT2D eigenvalue weighted by molar-refractivity contribution is -0.143. The van der Waals surface area contributed by atoms with Gasteiger partial charge in [0.15, 0.2) is 0 Å². The van der Waals surface area contributed by atoms with Gasteiger partial charge in [0.25, 0.3) is 0 Å². The molecule has 0 aromatic rings. The summed E-state index contributed by atoms with van der Waals surface area (Å²) >= 11 is 0. The van der Waals surface area contributed by atoms with Gasteiger partial charge in [-0.3, -0.25) is 9.59 Å². The monoisotopic (exact) mass is 886 g/mol. The molecule has 0 radical (unpaired) electrons. The van der Waals surface area contributed by atoms with Crippen LogP contribution >= 0.6 is 0 Å². The second-order valence-corrected chi connectivity index (χ2v) is 18.9. The van der Waals surface area contributed by atoms with E-state index in [1.54, 1.807) is 6.08 Å². The van der Waals surface area contributed by atoms with Crippen molar-refractivity contribution in [1.29, 1.82) is 0 Å². The third kappa shape index (κ3) is 49.4. The standard InChI is InChI=1S/C57H107NO5/c1-3-5-7-9-11-13-15-17-18-24-27-31-35-39-43-47-51-57(62)63-52-48-44-40-36-32-28-25-22-20-19-21-23-26-30-34-38-42-46-50-56(61)58-54(53-59)55(60)49-45-41-37-33-29-16-14-12-10-8-6-4-2/h18,21,23-24,45,49,54-55,59-60H,3-17,19-20,22,25-44,46-48,50-53H2,1-2H3,(H,58,61)/b23-21-,24-18-,49-45+. The molecular weight excluding hydrogens is 779 g/mol. The molecule has 63 heavy (non-hydrogen) atoms. The van der Waals surface area contributed by atoms with Crippen molar-refractivity contribution in [3.8, 4) is 0 Å². The minimum atomic E-state index is -0.852. The average molecular weight is 886 g/mol. The van der Waals surface area contributed by atoms with E-state index in [1.165, 1.54) is 199 Å². The molecule has 0 bridgehead atoms. The molecule has 1 amide bonds. The molecule has 0 aliphatic rings. The van der Waals surface area contributed by atoms with E-state index in [1.807, 2.05) is 6.08 Å². The van der Waals surface area contributed by atoms with Crippen molar-refractivity contribution in [1.82, 2.24) is 5.32 Å². The molecular formula is C57H107NO5. The number of allylic oxidation sites excluding steroid dienone is 5. The van der Waals surface area contributed by atoms with E-state index in [4.69, 9.17) is 4.74 Å². The van der Waals surface area contributed by atoms with Crippen molar-refractivity contribution in [2.75, 3.05) is 13.2 Å². The summed E-state index contributed by atoms with van der Waals surface area (Å²) in [6.07, 6.45) is 64.4. The lowest BCUT2D eigenvalue weighted by Gasteiger charge is -2.20. The summed E-state index contributed by atoms with van der Waals surface area (Å²) in [5.41, 5.74) is 0. The van der Waals surface area contributed by atoms with Crippen molar-refractivity contribution >= 4 is 11.9 Å². The Morgan fingerprint density at radius 2 is 0.746 bits per heavy atom. The molecule has 0 aliphatic heterocycles. The lowest BCUT2D eigenvalue weighted by atomic mass is 10.1. The first kappa shape index (κ1) is 61.1. The molecule has 2 atom stereocenters. The highest BCUT2D eigenvalue weighted by Gasteiger charge is 2.18. The van der Waals surface area contributed by atoms with Crippen LogP contribution in [-0.2, 0) is 14.3 Å². The third-order valence-electron chi connectivity index (χ3n) is 12.6. The van der Waals surface area contributed by atoms with Gasteiger partial charge in [-0.15, -0.1) is 0 Å². The molecule has 0 saturated carbocycles. The van der Waals surface area contributed by atoms with Crippen molar-refractivity contribution in [3.63, 3.8) is 0 Å². The van der Waals surface area contributed by atoms with Gasteiger partial charge in [-0.2, -0.15) is 0 Å². The number of carbonyl (C=O) groups excluding carboxylic acids is 2. The number of hydrogen-bond acceptors (Lipinski definition) is 5. The molecule has 0 aliphatic carbocycles. The largest absolute Gasteiger partial charge is 0.466 e. The summed E-state index contributed by atoms with van der Waals surface area (Å²) in [5, 5.41) is 23.0. The number of unbranched alkanes of at least 4 members (excludes halogenated alkanes) is 36. The summed E-state index contributed by atoms with van der Waals surface area (Å²) in [6, 6.07) is -0.637. The van der Waals surface area contributed by atoms with Gasteiger partial charge in [0.2, 0.25) is 5.91 Å². The van der Waals surface area contributed by atoms with Crippen molar-refractivity contribution < 1.29 is 24.5 Å². The molecule has 0 aromatic carbocycles. The molecule has 0 saturated heterocycles. The van der Waals surface area contributed by atoms with E-state index in [0.29, 0.717) is 19.4 Å². The molecule has 0 aromatic heterocycles. The number of rotatable bonds is 51. The van der Waals surface area contributed by atoms with Crippen molar-refractivity contribution in [2.24, 2.45) is 0 Å². The van der Waals surface area contributed by atoms with E-state index in [0.717, 1.165) is 64.2 Å². The first-order valence-corrected chi connectivity index (χ1v) is 27.8. The van der Waals surface area contributed by atoms with Crippen LogP contribution in [0.3, 0.4) is 0 Å². The second-order valence-electron chi connectivity index (χ2n) is 18.9. The highest BCUT2D eigenvalue weighted by molar-refractivity contribution is 5.76. The first-order chi connectivity index (χ1) is 31.0. The van der Waals surface area contributed by atoms with Crippen LogP contribution in [0.2, 0.25) is 0 Å². The predicted molar refractivity (Wildman–Crippen MR) is 273 cm³/mol. The van der Waals surface area contributed by atoms with Gasteiger partial charge in [0, 0.05) is 12.8 Å². The Kier molecular flexibility index (Phi) is 51.1. The third-order valence-corrected chi connectivity index (χ3v) is 12.6. The number of hydrogen-bond donors (Lipinski definition) is 3. The van der Waals surface area contributed by atoms with Gasteiger partial charge in [0.05, 0.1) is 25.4 Å². The fourth-order valence-corrected chi connectivity index (χ4v) is 8.33. The molecule has 6 nitrogen and oxygen atoms in total. The first-order valence-electron chi connectivity index (χ1n) is 27.8. The van der Waals surface area contributed by atoms with Crippen LogP contribution in [0, 0.1) is 0 Å². The average Bonchev–Trinajstić information content (AvgIpc) is 3.28. The zero-order valence-electron chi connectivity index (χ0n) is 42.1. The summed E-state index contributed by atoms with van der Waals surface area (Å²) < 4.78 is 5.47. The molecule has 0 rings (SSSR count). The number of esters is 1. The Morgan fingerprint density at radius 1 is 0.429 bits per heavy atom. The topological polar surface area (TPSA) is 95.9 Å². The SMILES string of the molecule is CCCCCCCCC/C=C\CCCCCCCC(=O)OCCCCCCCCCCC/C=C\CCCCCCCC(=O)NC(CO)C(O)/C=C/CCCCCCCCCCCC. The second kappa shape index (κ2) is 52.7. The molecule has 0 fully saturated rings. The minimum Gasteiger partial charge on any atom is -0.466 e. The summed E-state index contributed by atoms with van der Waals surface area (Å²) in [4.78, 5) is 24.5. The Morgan fingerprint density at radius 3 is 1.13 bits per heavy atom. The zero-order valence-corrected chi connectivity index (χ0v) is 42.1. The van der Waals surface area contributed by atoms with Gasteiger partial charge < -0.3 is 20.3 Å². The molecule has 0 heterocycles. The predicted octanol–water partition coefficient (Wildman–Crippen LogP) is 16.9. The summed E-state index contributed by atoms with van der Waals surface area (Å²) in [5.74, 6) is -0.0894. The fourth-order valence-electron chi connectivity index (χ4n) is 8.33. The quantitative estimate of drug-likeness (QED) is 0.0321. The van der Waals surface area contributed by atoms with Crippen LogP contribution < -0.4 is 5.32 Å². The minimum absolute atomic E-state index is 0.00576. The van der Waals surface area contributed by atoms with Gasteiger partial charge in [-0.1, -0.05) is 230 Å². The Hall–Kier alpha value is -1.92. The maximum absolute atomic E-state index is 12.4. The highest BCUT2D eigenvalue weighted by Crippen LogP contribution is 2.15. The Bertz CT molecular complexity index is 1020. The Balaban J connectivity index is 3.46. The molecule has 0 spiro atoms. The van der Waals surface area contributed by atoms with Crippen LogP contribution in [0.4, 0.5) is 0 Å². The van der Waals surface area contributed by atoms with Gasteiger partial charge in [-0.25, -0.2) is 0 Å².